The van der Waals surface area contributed by atoms with Crippen molar-refractivity contribution in [2.75, 3.05) is 20.3 Å². The maximum absolute atomic E-state index is 12.0. The Balaban J connectivity index is 1.42. The first-order valence-electron chi connectivity index (χ1n) is 8.15. The van der Waals surface area contributed by atoms with Crippen molar-refractivity contribution in [2.24, 2.45) is 0 Å². The fourth-order valence-electron chi connectivity index (χ4n) is 2.38. The van der Waals surface area contributed by atoms with Crippen LogP contribution in [0.5, 0.6) is 11.6 Å². The highest BCUT2D eigenvalue weighted by Crippen LogP contribution is 2.18. The normalized spacial score (nSPS) is 10.3. The third-order valence-electron chi connectivity index (χ3n) is 3.63. The first-order chi connectivity index (χ1) is 12.8. The largest absolute Gasteiger partial charge is 0.496 e. The lowest BCUT2D eigenvalue weighted by atomic mass is 10.1. The minimum atomic E-state index is -0.0997. The monoisotopic (exact) mass is 353 g/mol. The van der Waals surface area contributed by atoms with Crippen LogP contribution in [0, 0.1) is 0 Å². The molecule has 0 fully saturated rings. The van der Waals surface area contributed by atoms with E-state index in [1.54, 1.807) is 31.6 Å². The Morgan fingerprint density at radius 1 is 1.12 bits per heavy atom. The number of hydrogen-bond acceptors (Lipinski definition) is 6. The van der Waals surface area contributed by atoms with E-state index in [2.05, 4.69) is 15.5 Å². The van der Waals surface area contributed by atoms with Crippen molar-refractivity contribution in [3.05, 3.63) is 60.4 Å². The highest BCUT2D eigenvalue weighted by molar-refractivity contribution is 5.79. The fraction of sp³-hybridized carbons (Fsp3) is 0.211. The van der Waals surface area contributed by atoms with Crippen LogP contribution in [-0.2, 0) is 11.2 Å². The number of nitrogens with one attached hydrogen (secondary N) is 1. The molecule has 2 aromatic heterocycles. The van der Waals surface area contributed by atoms with E-state index in [9.17, 15) is 4.79 Å². The summed E-state index contributed by atoms with van der Waals surface area (Å²) in [6.07, 6.45) is 1.83. The number of amides is 1. The highest BCUT2D eigenvalue weighted by Gasteiger charge is 2.08. The Labute approximate surface area is 151 Å². The maximum atomic E-state index is 12.0. The van der Waals surface area contributed by atoms with Crippen molar-refractivity contribution < 1.29 is 18.7 Å². The summed E-state index contributed by atoms with van der Waals surface area (Å²) in [5.41, 5.74) is 1.47. The van der Waals surface area contributed by atoms with Crippen molar-refractivity contribution in [3.8, 4) is 23.1 Å². The lowest BCUT2D eigenvalue weighted by Crippen LogP contribution is -2.29. The number of methoxy groups -OCH3 is 1. The summed E-state index contributed by atoms with van der Waals surface area (Å²) in [4.78, 5) is 12.0. The van der Waals surface area contributed by atoms with Gasteiger partial charge in [-0.05, 0) is 24.3 Å². The second kappa shape index (κ2) is 8.66. The van der Waals surface area contributed by atoms with Gasteiger partial charge in [0.1, 0.15) is 18.1 Å². The molecule has 0 aliphatic rings. The van der Waals surface area contributed by atoms with E-state index >= 15 is 0 Å². The van der Waals surface area contributed by atoms with Gasteiger partial charge in [-0.2, -0.15) is 0 Å². The predicted octanol–water partition coefficient (Wildman–Crippen LogP) is 2.48. The predicted molar refractivity (Wildman–Crippen MR) is 94.9 cm³/mol. The summed E-state index contributed by atoms with van der Waals surface area (Å²) < 4.78 is 16.0. The lowest BCUT2D eigenvalue weighted by Gasteiger charge is -2.09. The van der Waals surface area contributed by atoms with Crippen LogP contribution < -0.4 is 14.8 Å². The average molecular weight is 353 g/mol. The molecule has 2 heterocycles. The molecule has 3 rings (SSSR count). The molecule has 0 saturated carbocycles. The zero-order chi connectivity index (χ0) is 18.2. The summed E-state index contributed by atoms with van der Waals surface area (Å²) in [5, 5.41) is 10.8. The topological polar surface area (TPSA) is 86.5 Å². The molecule has 0 radical (unpaired) electrons. The van der Waals surface area contributed by atoms with Crippen molar-refractivity contribution in [2.45, 2.75) is 6.42 Å². The van der Waals surface area contributed by atoms with E-state index in [-0.39, 0.29) is 12.3 Å². The molecular formula is C19H19N3O4. The second-order valence-corrected chi connectivity index (χ2v) is 5.42. The Hall–Kier alpha value is -3.35. The van der Waals surface area contributed by atoms with Crippen LogP contribution in [0.2, 0.25) is 0 Å². The van der Waals surface area contributed by atoms with Gasteiger partial charge in [0.15, 0.2) is 5.76 Å². The third kappa shape index (κ3) is 4.60. The molecule has 3 aromatic rings. The number of hydrogen-bond donors (Lipinski definition) is 1. The molecule has 7 heteroatoms. The molecule has 0 aliphatic carbocycles. The Morgan fingerprint density at radius 2 is 2.00 bits per heavy atom. The van der Waals surface area contributed by atoms with Gasteiger partial charge in [-0.25, -0.2) is 0 Å². The van der Waals surface area contributed by atoms with Gasteiger partial charge in [-0.1, -0.05) is 18.2 Å². The molecule has 26 heavy (non-hydrogen) atoms. The number of aromatic nitrogens is 2. The number of ether oxygens (including phenoxy) is 2. The number of benzene rings is 1. The number of carbonyl (C=O) groups excluding carboxylic acids is 1. The Bertz CT molecular complexity index is 832. The van der Waals surface area contributed by atoms with Gasteiger partial charge in [0.05, 0.1) is 26.3 Å². The smallest absolute Gasteiger partial charge is 0.233 e. The number of furan rings is 1. The average Bonchev–Trinajstić information content (AvgIpc) is 3.21. The van der Waals surface area contributed by atoms with Gasteiger partial charge in [0, 0.05) is 11.6 Å². The minimum Gasteiger partial charge on any atom is -0.496 e. The summed E-state index contributed by atoms with van der Waals surface area (Å²) >= 11 is 0. The van der Waals surface area contributed by atoms with Gasteiger partial charge < -0.3 is 19.2 Å². The molecule has 7 nitrogen and oxygen atoms in total. The standard InChI is InChI=1S/C19H19N3O4/c1-24-16-6-3-2-5-14(16)13-18(23)20-10-12-26-19-9-8-15(21-22-19)17-7-4-11-25-17/h2-9,11H,10,12-13H2,1H3,(H,20,23). The zero-order valence-corrected chi connectivity index (χ0v) is 14.3. The Morgan fingerprint density at radius 3 is 2.73 bits per heavy atom. The molecule has 0 bridgehead atoms. The summed E-state index contributed by atoms with van der Waals surface area (Å²) in [6, 6.07) is 14.5. The van der Waals surface area contributed by atoms with Crippen LogP contribution in [0.1, 0.15) is 5.56 Å². The molecule has 0 saturated heterocycles. The molecule has 1 amide bonds. The van der Waals surface area contributed by atoms with Gasteiger partial charge in [0.25, 0.3) is 0 Å². The van der Waals surface area contributed by atoms with Gasteiger partial charge in [0.2, 0.25) is 11.8 Å². The highest BCUT2D eigenvalue weighted by atomic mass is 16.5. The van der Waals surface area contributed by atoms with Crippen molar-refractivity contribution >= 4 is 5.91 Å². The van der Waals surface area contributed by atoms with Crippen LogP contribution >= 0.6 is 0 Å². The second-order valence-electron chi connectivity index (χ2n) is 5.42. The number of nitrogens with zero attached hydrogens (tertiary/aromatic N) is 2. The first kappa shape index (κ1) is 17.5. The number of rotatable bonds is 8. The lowest BCUT2D eigenvalue weighted by molar-refractivity contribution is -0.120. The SMILES string of the molecule is COc1ccccc1CC(=O)NCCOc1ccc(-c2ccco2)nn1. The molecule has 0 unspecified atom stereocenters. The van der Waals surface area contributed by atoms with E-state index < -0.39 is 0 Å². The van der Waals surface area contributed by atoms with E-state index in [0.717, 1.165) is 5.56 Å². The zero-order valence-electron chi connectivity index (χ0n) is 14.3. The number of carbonyl (C=O) groups is 1. The van der Waals surface area contributed by atoms with Crippen molar-refractivity contribution in [1.82, 2.24) is 15.5 Å². The van der Waals surface area contributed by atoms with Crippen LogP contribution in [0.4, 0.5) is 0 Å². The summed E-state index contributed by atoms with van der Waals surface area (Å²) in [5.74, 6) is 1.63. The number of para-hydroxylation sites is 1. The molecule has 0 spiro atoms. The molecule has 134 valence electrons. The fourth-order valence-corrected chi connectivity index (χ4v) is 2.38. The minimum absolute atomic E-state index is 0.0997. The molecule has 1 N–H and O–H groups in total. The van der Waals surface area contributed by atoms with Crippen LogP contribution in [0.3, 0.4) is 0 Å². The van der Waals surface area contributed by atoms with Gasteiger partial charge in [-0.3, -0.25) is 4.79 Å². The van der Waals surface area contributed by atoms with Crippen molar-refractivity contribution in [1.29, 1.82) is 0 Å². The van der Waals surface area contributed by atoms with E-state index in [1.807, 2.05) is 30.3 Å². The molecular weight excluding hydrogens is 334 g/mol. The summed E-state index contributed by atoms with van der Waals surface area (Å²) in [6.45, 7) is 0.669. The van der Waals surface area contributed by atoms with E-state index in [4.69, 9.17) is 13.9 Å². The van der Waals surface area contributed by atoms with E-state index in [0.29, 0.717) is 36.2 Å². The van der Waals surface area contributed by atoms with Crippen LogP contribution in [0.25, 0.3) is 11.5 Å². The van der Waals surface area contributed by atoms with Gasteiger partial charge in [-0.15, -0.1) is 10.2 Å². The Kier molecular flexibility index (Phi) is 5.82. The molecule has 0 aliphatic heterocycles. The van der Waals surface area contributed by atoms with Crippen molar-refractivity contribution in [3.63, 3.8) is 0 Å². The van der Waals surface area contributed by atoms with Crippen LogP contribution in [0.15, 0.2) is 59.2 Å². The van der Waals surface area contributed by atoms with Gasteiger partial charge >= 0.3 is 0 Å². The maximum Gasteiger partial charge on any atom is 0.233 e. The van der Waals surface area contributed by atoms with E-state index in [1.165, 1.54) is 0 Å². The van der Waals surface area contributed by atoms with Crippen LogP contribution in [-0.4, -0.2) is 36.4 Å². The first-order valence-corrected chi connectivity index (χ1v) is 8.15. The quantitative estimate of drug-likeness (QED) is 0.626. The summed E-state index contributed by atoms with van der Waals surface area (Å²) in [7, 11) is 1.59. The molecule has 1 aromatic carbocycles. The molecule has 0 atom stereocenters. The third-order valence-corrected chi connectivity index (χ3v) is 3.63.